The predicted octanol–water partition coefficient (Wildman–Crippen LogP) is 5.96. The van der Waals surface area contributed by atoms with E-state index in [1.54, 1.807) is 11.6 Å². The summed E-state index contributed by atoms with van der Waals surface area (Å²) in [6, 6.07) is 16.3. The van der Waals surface area contributed by atoms with E-state index in [9.17, 15) is 37.5 Å². The Morgan fingerprint density at radius 1 is 0.933 bits per heavy atom. The summed E-state index contributed by atoms with van der Waals surface area (Å²) in [7, 11) is 1.71. The van der Waals surface area contributed by atoms with Crippen molar-refractivity contribution in [2.75, 3.05) is 13.1 Å². The third-order valence-electron chi connectivity index (χ3n) is 12.4. The molecule has 5 heterocycles. The fourth-order valence-corrected chi connectivity index (χ4v) is 9.02. The molecule has 9 rings (SSSR count). The van der Waals surface area contributed by atoms with Gasteiger partial charge in [-0.25, -0.2) is 13.6 Å². The molecule has 16 heteroatoms. The average Bonchev–Trinajstić information content (AvgIpc) is 3.93. The largest absolute Gasteiger partial charge is 0.503 e. The number of aromatic nitrogens is 5. The molecule has 2 fully saturated rings. The van der Waals surface area contributed by atoms with Crippen LogP contribution in [0.15, 0.2) is 65.6 Å². The Kier molecular flexibility index (Phi) is 10.3. The number of rotatable bonds is 10. The standard InChI is InChI=1S/C44H43F3N8O5/c1-52-37-17-24(6-13-35(37)55(44(52)60)36-14-15-38(56)50-43(36)59)3-2-16-53-21-27-9-12-32(49-34(27)23-53)26-7-8-28-22-54(51-33(28)18-26)29-10-4-25(5-11-29)20-48-42(58)30-19-31(45)41(57)40(47)39(30)46/h6-9,12-13,17-19,22,25,29,36,57H,2-5,10-11,14-16,20-21,23H2,1H3,(H,48,58)(H,50,56,59)/t25-,29-,36?. The highest BCUT2D eigenvalue weighted by atomic mass is 19.2. The van der Waals surface area contributed by atoms with Crippen molar-refractivity contribution in [2.45, 2.75) is 76.5 Å². The van der Waals surface area contributed by atoms with Gasteiger partial charge in [-0.1, -0.05) is 24.3 Å². The van der Waals surface area contributed by atoms with Gasteiger partial charge in [0.1, 0.15) is 6.04 Å². The summed E-state index contributed by atoms with van der Waals surface area (Å²) in [4.78, 5) is 57.3. The number of piperidine rings is 1. The first kappa shape index (κ1) is 39.2. The van der Waals surface area contributed by atoms with E-state index in [4.69, 9.17) is 10.1 Å². The number of phenols is 1. The van der Waals surface area contributed by atoms with Crippen LogP contribution in [0, 0.1) is 23.4 Å². The van der Waals surface area contributed by atoms with Crippen molar-refractivity contribution in [3.8, 4) is 17.0 Å². The second kappa shape index (κ2) is 15.7. The molecule has 1 atom stereocenters. The van der Waals surface area contributed by atoms with Crippen molar-refractivity contribution in [1.29, 1.82) is 0 Å². The van der Waals surface area contributed by atoms with E-state index in [2.05, 4.69) is 45.9 Å². The number of hydrogen-bond acceptors (Lipinski definition) is 8. The summed E-state index contributed by atoms with van der Waals surface area (Å²) in [5, 5.41) is 20.1. The van der Waals surface area contributed by atoms with E-state index in [0.29, 0.717) is 18.0 Å². The molecule has 2 aliphatic heterocycles. The number of pyridine rings is 1. The molecule has 3 aliphatic rings. The molecule has 3 aromatic heterocycles. The molecule has 1 unspecified atom stereocenters. The fraction of sp³-hybridized carbons (Fsp3) is 0.364. The van der Waals surface area contributed by atoms with Gasteiger partial charge in [0.2, 0.25) is 17.6 Å². The monoisotopic (exact) mass is 820 g/mol. The van der Waals surface area contributed by atoms with Gasteiger partial charge in [0.25, 0.3) is 5.91 Å². The summed E-state index contributed by atoms with van der Waals surface area (Å²) in [6.45, 7) is 2.68. The van der Waals surface area contributed by atoms with Crippen molar-refractivity contribution < 1.29 is 32.7 Å². The lowest BCUT2D eigenvalue weighted by atomic mass is 9.86. The lowest BCUT2D eigenvalue weighted by Gasteiger charge is -2.28. The van der Waals surface area contributed by atoms with Gasteiger partial charge in [-0.3, -0.25) is 43.4 Å². The molecule has 3 amide bonds. The first-order chi connectivity index (χ1) is 28.9. The predicted molar refractivity (Wildman–Crippen MR) is 215 cm³/mol. The van der Waals surface area contributed by atoms with Crippen molar-refractivity contribution in [1.82, 2.24) is 39.4 Å². The van der Waals surface area contributed by atoms with Gasteiger partial charge in [0.15, 0.2) is 17.4 Å². The molecular formula is C44H43F3N8O5. The average molecular weight is 821 g/mol. The van der Waals surface area contributed by atoms with Crippen LogP contribution in [0.5, 0.6) is 5.75 Å². The molecule has 3 aromatic carbocycles. The summed E-state index contributed by atoms with van der Waals surface area (Å²) in [6.07, 6.45) is 7.48. The summed E-state index contributed by atoms with van der Waals surface area (Å²) < 4.78 is 46.7. The Morgan fingerprint density at radius 3 is 2.55 bits per heavy atom. The highest BCUT2D eigenvalue weighted by molar-refractivity contribution is 6.00. The number of imidazole rings is 1. The number of halogens is 3. The lowest BCUT2D eigenvalue weighted by molar-refractivity contribution is -0.135. The highest BCUT2D eigenvalue weighted by Gasteiger charge is 2.32. The van der Waals surface area contributed by atoms with E-state index in [1.165, 1.54) is 10.1 Å². The van der Waals surface area contributed by atoms with Crippen LogP contribution in [-0.4, -0.2) is 64.7 Å². The summed E-state index contributed by atoms with van der Waals surface area (Å²) in [5.74, 6) is -7.80. The molecule has 13 nitrogen and oxygen atoms in total. The molecule has 1 saturated heterocycles. The maximum Gasteiger partial charge on any atom is 0.329 e. The van der Waals surface area contributed by atoms with Crippen LogP contribution < -0.4 is 16.3 Å². The molecule has 0 spiro atoms. The highest BCUT2D eigenvalue weighted by Crippen LogP contribution is 2.34. The van der Waals surface area contributed by atoms with Crippen LogP contribution in [0.3, 0.4) is 0 Å². The van der Waals surface area contributed by atoms with Gasteiger partial charge < -0.3 is 10.4 Å². The van der Waals surface area contributed by atoms with E-state index in [-0.39, 0.29) is 36.5 Å². The number of fused-ring (bicyclic) bond motifs is 3. The second-order valence-electron chi connectivity index (χ2n) is 16.3. The SMILES string of the molecule is Cn1c(=O)n(C2CCC(=O)NC2=O)c2ccc(CCCN3Cc4ccc(-c5ccc6cn([C@H]7CC[C@H](CNC(=O)c8cc(F)c(O)c(F)c8F)CC7)nc6c5)nc4C3)cc21. The van der Waals surface area contributed by atoms with E-state index >= 15 is 0 Å². The van der Waals surface area contributed by atoms with E-state index in [1.807, 2.05) is 29.1 Å². The van der Waals surface area contributed by atoms with Gasteiger partial charge in [-0.15, -0.1) is 0 Å². The number of benzene rings is 3. The van der Waals surface area contributed by atoms with Crippen molar-refractivity contribution in [3.05, 3.63) is 111 Å². The minimum absolute atomic E-state index is 0.111. The molecular weight excluding hydrogens is 778 g/mol. The van der Waals surface area contributed by atoms with Crippen molar-refractivity contribution in [2.24, 2.45) is 13.0 Å². The molecule has 1 aliphatic carbocycles. The topological polar surface area (TPSA) is 156 Å². The Hall–Kier alpha value is -6.29. The molecule has 6 aromatic rings. The zero-order chi connectivity index (χ0) is 41.8. The molecule has 0 radical (unpaired) electrons. The summed E-state index contributed by atoms with van der Waals surface area (Å²) >= 11 is 0. The van der Waals surface area contributed by atoms with Crippen LogP contribution in [0.4, 0.5) is 13.2 Å². The number of phenolic OH excluding ortho intramolecular Hbond substituents is 1. The minimum atomic E-state index is -1.79. The molecule has 3 N–H and O–H groups in total. The Bertz CT molecular complexity index is 2770. The molecule has 0 bridgehead atoms. The van der Waals surface area contributed by atoms with Crippen LogP contribution in [0.2, 0.25) is 0 Å². The minimum Gasteiger partial charge on any atom is -0.503 e. The number of carbonyl (C=O) groups is 3. The van der Waals surface area contributed by atoms with Gasteiger partial charge >= 0.3 is 5.69 Å². The Morgan fingerprint density at radius 2 is 1.75 bits per heavy atom. The summed E-state index contributed by atoms with van der Waals surface area (Å²) in [5.41, 5.74) is 6.49. The maximum atomic E-state index is 14.2. The van der Waals surface area contributed by atoms with Gasteiger partial charge in [0.05, 0.1) is 39.5 Å². The zero-order valence-corrected chi connectivity index (χ0v) is 32.9. The Labute approximate surface area is 341 Å². The molecule has 1 saturated carbocycles. The van der Waals surface area contributed by atoms with Crippen molar-refractivity contribution in [3.63, 3.8) is 0 Å². The van der Waals surface area contributed by atoms with E-state index in [0.717, 1.165) is 97.1 Å². The number of hydrogen-bond donors (Lipinski definition) is 3. The van der Waals surface area contributed by atoms with Crippen molar-refractivity contribution >= 4 is 39.7 Å². The number of nitrogens with zero attached hydrogens (tertiary/aromatic N) is 6. The van der Waals surface area contributed by atoms with Crippen LogP contribution in [0.25, 0.3) is 33.2 Å². The van der Waals surface area contributed by atoms with Gasteiger partial charge in [-0.2, -0.15) is 9.49 Å². The number of nitrogens with one attached hydrogen (secondary N) is 2. The van der Waals surface area contributed by atoms with Gasteiger partial charge in [-0.05, 0) is 98.9 Å². The lowest BCUT2D eigenvalue weighted by Crippen LogP contribution is -2.44. The fourth-order valence-electron chi connectivity index (χ4n) is 9.02. The smallest absolute Gasteiger partial charge is 0.329 e. The van der Waals surface area contributed by atoms with Crippen LogP contribution in [-0.2, 0) is 36.1 Å². The number of carbonyl (C=O) groups excluding carboxylic acids is 3. The normalized spacial score (nSPS) is 19.6. The van der Waals surface area contributed by atoms with E-state index < -0.39 is 46.6 Å². The second-order valence-corrected chi connectivity index (χ2v) is 16.3. The first-order valence-corrected chi connectivity index (χ1v) is 20.3. The van der Waals surface area contributed by atoms with Gasteiger partial charge in [0, 0.05) is 50.2 Å². The third kappa shape index (κ3) is 7.33. The molecule has 310 valence electrons. The first-order valence-electron chi connectivity index (χ1n) is 20.3. The van der Waals surface area contributed by atoms with Crippen LogP contribution >= 0.6 is 0 Å². The maximum absolute atomic E-state index is 14.2. The Balaban J connectivity index is 0.782. The zero-order valence-electron chi connectivity index (χ0n) is 32.9. The quantitative estimate of drug-likeness (QED) is 0.113. The number of aryl methyl sites for hydroxylation is 2. The van der Waals surface area contributed by atoms with Crippen LogP contribution in [0.1, 0.15) is 84.2 Å². The molecule has 60 heavy (non-hydrogen) atoms. The number of imide groups is 1. The number of amides is 3. The third-order valence-corrected chi connectivity index (χ3v) is 12.4. The number of aromatic hydroxyl groups is 1.